The number of hydrogen-bond donors (Lipinski definition) is 0. The first-order valence-corrected chi connectivity index (χ1v) is 5.54. The summed E-state index contributed by atoms with van der Waals surface area (Å²) in [6.45, 7) is 6.05. The fourth-order valence-electron chi connectivity index (χ4n) is 2.09. The Balaban J connectivity index is 2.01. The molecule has 1 atom stereocenters. The van der Waals surface area contributed by atoms with Gasteiger partial charge in [-0.2, -0.15) is 0 Å². The van der Waals surface area contributed by atoms with Crippen molar-refractivity contribution < 1.29 is 0 Å². The van der Waals surface area contributed by atoms with E-state index >= 15 is 0 Å². The van der Waals surface area contributed by atoms with E-state index in [-0.39, 0.29) is 0 Å². The maximum atomic E-state index is 2.56. The predicted molar refractivity (Wildman–Crippen MR) is 55.6 cm³/mol. The van der Waals surface area contributed by atoms with Crippen molar-refractivity contribution >= 4 is 22.9 Å². The van der Waals surface area contributed by atoms with E-state index in [1.165, 1.54) is 25.8 Å². The van der Waals surface area contributed by atoms with Crippen LogP contribution in [-0.4, -0.2) is 15.2 Å². The summed E-state index contributed by atoms with van der Waals surface area (Å²) in [5.74, 6) is 1.85. The predicted octanol–water partition coefficient (Wildman–Crippen LogP) is 2.85. The molecule has 1 nitrogen and oxygen atoms in total. The lowest BCUT2D eigenvalue weighted by Gasteiger charge is -2.13. The molecule has 64 valence electrons. The van der Waals surface area contributed by atoms with E-state index in [0.717, 1.165) is 11.8 Å². The second-order valence-corrected chi connectivity index (χ2v) is 5.64. The van der Waals surface area contributed by atoms with E-state index in [1.807, 2.05) is 0 Å². The summed E-state index contributed by atoms with van der Waals surface area (Å²) < 4.78 is 2.56. The van der Waals surface area contributed by atoms with Crippen LogP contribution in [0.5, 0.6) is 0 Å². The molecule has 2 fully saturated rings. The van der Waals surface area contributed by atoms with Gasteiger partial charge in [-0.1, -0.05) is 13.8 Å². The molecule has 0 amide bonds. The maximum absolute atomic E-state index is 2.56. The Hall–Kier alpha value is 0.690. The average molecular weight is 265 g/mol. The highest BCUT2D eigenvalue weighted by Gasteiger charge is 2.53. The third kappa shape index (κ3) is 1.32. The van der Waals surface area contributed by atoms with Gasteiger partial charge in [0.05, 0.1) is 0 Å². The lowest BCUT2D eigenvalue weighted by Crippen LogP contribution is -2.19. The van der Waals surface area contributed by atoms with Crippen molar-refractivity contribution in [2.24, 2.45) is 11.8 Å². The van der Waals surface area contributed by atoms with Gasteiger partial charge in [0.1, 0.15) is 0 Å². The highest BCUT2D eigenvalue weighted by atomic mass is 127. The maximum Gasteiger partial charge on any atom is 0.0309 e. The molecule has 0 N–H and O–H groups in total. The van der Waals surface area contributed by atoms with Gasteiger partial charge in [-0.25, -0.2) is 3.11 Å². The van der Waals surface area contributed by atoms with Crippen molar-refractivity contribution in [3.63, 3.8) is 0 Å². The van der Waals surface area contributed by atoms with E-state index in [4.69, 9.17) is 0 Å². The molecular weight excluding hydrogens is 249 g/mol. The highest BCUT2D eigenvalue weighted by molar-refractivity contribution is 14.1. The molecule has 1 heterocycles. The molecule has 1 aliphatic carbocycles. The molecule has 0 aromatic rings. The van der Waals surface area contributed by atoms with Crippen molar-refractivity contribution in [1.82, 2.24) is 3.11 Å². The molecule has 0 bridgehead atoms. The SMILES string of the molecule is CC(C)[C@@H]1CN(I)C2(CC2)C1. The number of hydrogen-bond acceptors (Lipinski definition) is 1. The first kappa shape index (κ1) is 8.30. The Bertz CT molecular complexity index is 163. The Labute approximate surface area is 83.0 Å². The Morgan fingerprint density at radius 3 is 2.36 bits per heavy atom. The van der Waals surface area contributed by atoms with Gasteiger partial charge in [-0.3, -0.25) is 0 Å². The van der Waals surface area contributed by atoms with Crippen LogP contribution in [0.3, 0.4) is 0 Å². The third-order valence-electron chi connectivity index (χ3n) is 3.32. The van der Waals surface area contributed by atoms with Crippen LogP contribution in [-0.2, 0) is 0 Å². The molecule has 11 heavy (non-hydrogen) atoms. The quantitative estimate of drug-likeness (QED) is 0.520. The van der Waals surface area contributed by atoms with Crippen LogP contribution in [0.2, 0.25) is 0 Å². The van der Waals surface area contributed by atoms with Crippen molar-refractivity contribution in [2.45, 2.75) is 38.6 Å². The van der Waals surface area contributed by atoms with Crippen molar-refractivity contribution in [3.8, 4) is 0 Å². The minimum absolute atomic E-state index is 0.676. The molecule has 1 spiro atoms. The minimum atomic E-state index is 0.676. The molecule has 1 aliphatic heterocycles. The van der Waals surface area contributed by atoms with Gasteiger partial charge in [0, 0.05) is 34.9 Å². The topological polar surface area (TPSA) is 3.24 Å². The third-order valence-corrected chi connectivity index (χ3v) is 4.74. The van der Waals surface area contributed by atoms with Gasteiger partial charge < -0.3 is 0 Å². The Morgan fingerprint density at radius 2 is 2.09 bits per heavy atom. The lowest BCUT2D eigenvalue weighted by atomic mass is 9.93. The second kappa shape index (κ2) is 2.59. The highest BCUT2D eigenvalue weighted by Crippen LogP contribution is 2.54. The largest absolute Gasteiger partial charge is 0.241 e. The van der Waals surface area contributed by atoms with Gasteiger partial charge in [0.2, 0.25) is 0 Å². The molecule has 2 aliphatic rings. The standard InChI is InChI=1S/C9H16IN/c1-7(2)8-5-9(3-4-9)11(10)6-8/h7-8H,3-6H2,1-2H3/t8-/m0/s1. The fraction of sp³-hybridized carbons (Fsp3) is 1.00. The van der Waals surface area contributed by atoms with E-state index in [9.17, 15) is 0 Å². The second-order valence-electron chi connectivity index (χ2n) is 4.48. The number of rotatable bonds is 1. The minimum Gasteiger partial charge on any atom is -0.241 e. The monoisotopic (exact) mass is 265 g/mol. The van der Waals surface area contributed by atoms with Crippen molar-refractivity contribution in [1.29, 1.82) is 0 Å². The summed E-state index contributed by atoms with van der Waals surface area (Å²) in [6.07, 6.45) is 4.38. The molecule has 1 saturated heterocycles. The summed E-state index contributed by atoms with van der Waals surface area (Å²) in [4.78, 5) is 0. The zero-order valence-corrected chi connectivity index (χ0v) is 9.47. The van der Waals surface area contributed by atoms with Gasteiger partial charge in [-0.15, -0.1) is 0 Å². The van der Waals surface area contributed by atoms with Crippen LogP contribution in [0.15, 0.2) is 0 Å². The summed E-state index contributed by atoms with van der Waals surface area (Å²) in [6, 6.07) is 0. The van der Waals surface area contributed by atoms with E-state index in [1.54, 1.807) is 0 Å². The molecule has 2 heteroatoms. The number of halogens is 1. The Morgan fingerprint density at radius 1 is 1.45 bits per heavy atom. The van der Waals surface area contributed by atoms with Crippen LogP contribution >= 0.6 is 22.9 Å². The first-order chi connectivity index (χ1) is 5.14. The van der Waals surface area contributed by atoms with Gasteiger partial charge in [0.15, 0.2) is 0 Å². The molecule has 1 saturated carbocycles. The molecular formula is C9H16IN. The smallest absolute Gasteiger partial charge is 0.0309 e. The van der Waals surface area contributed by atoms with Crippen LogP contribution < -0.4 is 0 Å². The fourth-order valence-corrected chi connectivity index (χ4v) is 3.27. The van der Waals surface area contributed by atoms with Crippen LogP contribution in [0.1, 0.15) is 33.1 Å². The van der Waals surface area contributed by atoms with E-state index in [2.05, 4.69) is 39.8 Å². The van der Waals surface area contributed by atoms with Crippen LogP contribution in [0, 0.1) is 11.8 Å². The number of nitrogens with zero attached hydrogens (tertiary/aromatic N) is 1. The van der Waals surface area contributed by atoms with Crippen molar-refractivity contribution in [2.75, 3.05) is 6.54 Å². The molecule has 0 aromatic heterocycles. The zero-order valence-electron chi connectivity index (χ0n) is 7.31. The van der Waals surface area contributed by atoms with Crippen LogP contribution in [0.4, 0.5) is 0 Å². The average Bonchev–Trinajstić information content (AvgIpc) is 2.59. The van der Waals surface area contributed by atoms with Gasteiger partial charge in [0.25, 0.3) is 0 Å². The normalized spacial score (nSPS) is 35.5. The van der Waals surface area contributed by atoms with Gasteiger partial charge >= 0.3 is 0 Å². The molecule has 0 unspecified atom stereocenters. The Kier molecular flexibility index (Phi) is 1.95. The summed E-state index contributed by atoms with van der Waals surface area (Å²) in [7, 11) is 0. The summed E-state index contributed by atoms with van der Waals surface area (Å²) in [5.41, 5.74) is 0.676. The summed E-state index contributed by atoms with van der Waals surface area (Å²) in [5, 5.41) is 0. The lowest BCUT2D eigenvalue weighted by molar-refractivity contribution is 0.405. The van der Waals surface area contributed by atoms with E-state index < -0.39 is 0 Å². The van der Waals surface area contributed by atoms with Crippen LogP contribution in [0.25, 0.3) is 0 Å². The molecule has 0 aromatic carbocycles. The van der Waals surface area contributed by atoms with Crippen molar-refractivity contribution in [3.05, 3.63) is 0 Å². The van der Waals surface area contributed by atoms with E-state index in [0.29, 0.717) is 5.54 Å². The first-order valence-electron chi connectivity index (χ1n) is 4.57. The molecule has 0 radical (unpaired) electrons. The zero-order chi connectivity index (χ0) is 8.06. The molecule has 2 rings (SSSR count). The van der Waals surface area contributed by atoms with Gasteiger partial charge in [-0.05, 0) is 31.1 Å². The summed E-state index contributed by atoms with van der Waals surface area (Å²) >= 11 is 2.52.